The quantitative estimate of drug-likeness (QED) is 0.653. The van der Waals surface area contributed by atoms with E-state index < -0.39 is 6.10 Å². The zero-order chi connectivity index (χ0) is 17.7. The number of nitrogens with one attached hydrogen (secondary N) is 1. The average molecular weight is 330 g/mol. The van der Waals surface area contributed by atoms with Crippen LogP contribution in [0, 0.1) is 0 Å². The van der Waals surface area contributed by atoms with Gasteiger partial charge in [0.2, 0.25) is 0 Å². The zero-order valence-electron chi connectivity index (χ0n) is 14.5. The lowest BCUT2D eigenvalue weighted by Gasteiger charge is -2.23. The van der Waals surface area contributed by atoms with E-state index in [-0.39, 0.29) is 23.5 Å². The molecule has 0 aliphatic rings. The number of aromatic nitrogens is 1. The van der Waals surface area contributed by atoms with Gasteiger partial charge in [-0.3, -0.25) is 0 Å². The van der Waals surface area contributed by atoms with E-state index in [1.807, 2.05) is 12.1 Å². The van der Waals surface area contributed by atoms with E-state index in [4.69, 9.17) is 5.11 Å². The van der Waals surface area contributed by atoms with Gasteiger partial charge in [-0.2, -0.15) is 0 Å². The van der Waals surface area contributed by atoms with Crippen molar-refractivity contribution in [1.82, 2.24) is 10.3 Å². The highest BCUT2D eigenvalue weighted by atomic mass is 16.3. The molecule has 1 atom stereocenters. The summed E-state index contributed by atoms with van der Waals surface area (Å²) >= 11 is 0. The van der Waals surface area contributed by atoms with Crippen molar-refractivity contribution >= 4 is 0 Å². The molecule has 2 rings (SSSR count). The van der Waals surface area contributed by atoms with Crippen molar-refractivity contribution in [3.8, 4) is 5.75 Å². The fraction of sp³-hybridized carbons (Fsp3) is 0.421. The van der Waals surface area contributed by atoms with Crippen molar-refractivity contribution in [2.24, 2.45) is 0 Å². The van der Waals surface area contributed by atoms with E-state index in [9.17, 15) is 10.2 Å². The van der Waals surface area contributed by atoms with Crippen molar-refractivity contribution in [3.05, 3.63) is 58.9 Å². The number of aliphatic hydroxyl groups is 2. The minimum Gasteiger partial charge on any atom is -0.506 e. The molecule has 0 saturated carbocycles. The topological polar surface area (TPSA) is 85.6 Å². The Hall–Kier alpha value is -1.95. The third-order valence-corrected chi connectivity index (χ3v) is 3.94. The van der Waals surface area contributed by atoms with Crippen LogP contribution in [0.1, 0.15) is 49.4 Å². The summed E-state index contributed by atoms with van der Waals surface area (Å²) < 4.78 is 0. The van der Waals surface area contributed by atoms with Gasteiger partial charge in [0.25, 0.3) is 0 Å². The number of hydrogen-bond acceptors (Lipinski definition) is 5. The summed E-state index contributed by atoms with van der Waals surface area (Å²) in [5.41, 5.74) is 3.13. The first-order valence-electron chi connectivity index (χ1n) is 8.09. The highest BCUT2D eigenvalue weighted by Crippen LogP contribution is 2.25. The molecular formula is C19H26N2O3. The molecule has 0 radical (unpaired) electrons. The third kappa shape index (κ3) is 4.54. The van der Waals surface area contributed by atoms with Gasteiger partial charge in [-0.25, -0.2) is 4.98 Å². The summed E-state index contributed by atoms with van der Waals surface area (Å²) in [6.45, 7) is 7.15. The second-order valence-corrected chi connectivity index (χ2v) is 6.91. The summed E-state index contributed by atoms with van der Waals surface area (Å²) in [7, 11) is 0. The molecule has 0 aliphatic carbocycles. The largest absolute Gasteiger partial charge is 0.506 e. The Balaban J connectivity index is 2.00. The second-order valence-electron chi connectivity index (χ2n) is 6.91. The smallest absolute Gasteiger partial charge is 0.139 e. The van der Waals surface area contributed by atoms with Crippen LogP contribution in [-0.2, 0) is 18.6 Å². The predicted molar refractivity (Wildman–Crippen MR) is 93.6 cm³/mol. The number of aromatic hydroxyl groups is 1. The van der Waals surface area contributed by atoms with Gasteiger partial charge in [0, 0.05) is 13.1 Å². The van der Waals surface area contributed by atoms with Gasteiger partial charge in [0.05, 0.1) is 12.3 Å². The molecule has 0 amide bonds. The Kier molecular flexibility index (Phi) is 5.94. The second kappa shape index (κ2) is 7.75. The summed E-state index contributed by atoms with van der Waals surface area (Å²) in [5.74, 6) is -0.0690. The maximum absolute atomic E-state index is 10.3. The molecule has 2 aromatic rings. The fourth-order valence-corrected chi connectivity index (χ4v) is 2.67. The van der Waals surface area contributed by atoms with Crippen molar-refractivity contribution in [3.63, 3.8) is 0 Å². The van der Waals surface area contributed by atoms with Crippen LogP contribution in [0.15, 0.2) is 36.4 Å². The van der Waals surface area contributed by atoms with E-state index in [0.29, 0.717) is 18.8 Å². The lowest BCUT2D eigenvalue weighted by Crippen LogP contribution is -2.24. The summed E-state index contributed by atoms with van der Waals surface area (Å²) in [4.78, 5) is 4.08. The van der Waals surface area contributed by atoms with Crippen LogP contribution in [0.3, 0.4) is 0 Å². The predicted octanol–water partition coefficient (Wildman–Crippen LogP) is 2.40. The Labute approximate surface area is 143 Å². The molecular weight excluding hydrogens is 304 g/mol. The standard InChI is InChI=1S/C19H26N2O3/c1-19(2,3)14-7-5-4-6-13(14)10-20-11-18(24)15-8-9-17(23)16(12-22)21-15/h4-9,18,20,22-24H,10-12H2,1-3H3. The maximum atomic E-state index is 10.3. The Morgan fingerprint density at radius 3 is 2.50 bits per heavy atom. The van der Waals surface area contributed by atoms with Crippen LogP contribution >= 0.6 is 0 Å². The number of pyridine rings is 1. The Morgan fingerprint density at radius 1 is 1.12 bits per heavy atom. The molecule has 1 heterocycles. The molecule has 0 spiro atoms. The number of benzene rings is 1. The van der Waals surface area contributed by atoms with Gasteiger partial charge in [-0.15, -0.1) is 0 Å². The first kappa shape index (κ1) is 18.4. The van der Waals surface area contributed by atoms with Crippen LogP contribution in [0.2, 0.25) is 0 Å². The normalized spacial score (nSPS) is 13.0. The lowest BCUT2D eigenvalue weighted by atomic mass is 9.84. The molecule has 5 heteroatoms. The highest BCUT2D eigenvalue weighted by molar-refractivity contribution is 5.32. The molecule has 0 fully saturated rings. The highest BCUT2D eigenvalue weighted by Gasteiger charge is 2.17. The van der Waals surface area contributed by atoms with Crippen LogP contribution in [0.4, 0.5) is 0 Å². The first-order valence-corrected chi connectivity index (χ1v) is 8.09. The minimum absolute atomic E-state index is 0.0609. The van der Waals surface area contributed by atoms with E-state index >= 15 is 0 Å². The number of nitrogens with zero attached hydrogens (tertiary/aromatic N) is 1. The van der Waals surface area contributed by atoms with Crippen LogP contribution in [-0.4, -0.2) is 26.8 Å². The van der Waals surface area contributed by atoms with Crippen molar-refractivity contribution in [1.29, 1.82) is 0 Å². The summed E-state index contributed by atoms with van der Waals surface area (Å²) in [5, 5.41) is 32.2. The van der Waals surface area contributed by atoms with E-state index in [1.165, 1.54) is 17.2 Å². The SMILES string of the molecule is CC(C)(C)c1ccccc1CNCC(O)c1ccc(O)c(CO)n1. The molecule has 1 unspecified atom stereocenters. The van der Waals surface area contributed by atoms with Gasteiger partial charge < -0.3 is 20.6 Å². The minimum atomic E-state index is -0.808. The van der Waals surface area contributed by atoms with Crippen molar-refractivity contribution in [2.75, 3.05) is 6.54 Å². The van der Waals surface area contributed by atoms with Crippen molar-refractivity contribution < 1.29 is 15.3 Å². The average Bonchev–Trinajstić information content (AvgIpc) is 2.54. The molecule has 5 nitrogen and oxygen atoms in total. The molecule has 24 heavy (non-hydrogen) atoms. The Morgan fingerprint density at radius 2 is 1.83 bits per heavy atom. The maximum Gasteiger partial charge on any atom is 0.139 e. The van der Waals surface area contributed by atoms with Gasteiger partial charge in [0.1, 0.15) is 17.5 Å². The molecule has 1 aromatic carbocycles. The number of aliphatic hydroxyl groups excluding tert-OH is 2. The molecule has 0 saturated heterocycles. The van der Waals surface area contributed by atoms with E-state index in [1.54, 1.807) is 6.07 Å². The molecule has 1 aromatic heterocycles. The first-order chi connectivity index (χ1) is 11.3. The number of rotatable bonds is 6. The van der Waals surface area contributed by atoms with Gasteiger partial charge in [-0.05, 0) is 28.7 Å². The monoisotopic (exact) mass is 330 g/mol. The molecule has 130 valence electrons. The Bertz CT molecular complexity index is 681. The van der Waals surface area contributed by atoms with Crippen LogP contribution in [0.25, 0.3) is 0 Å². The van der Waals surface area contributed by atoms with Gasteiger partial charge in [-0.1, -0.05) is 45.0 Å². The van der Waals surface area contributed by atoms with Gasteiger partial charge in [0.15, 0.2) is 0 Å². The van der Waals surface area contributed by atoms with Gasteiger partial charge >= 0.3 is 0 Å². The summed E-state index contributed by atoms with van der Waals surface area (Å²) in [6, 6.07) is 11.3. The molecule has 4 N–H and O–H groups in total. The van der Waals surface area contributed by atoms with Crippen LogP contribution < -0.4 is 5.32 Å². The van der Waals surface area contributed by atoms with E-state index in [0.717, 1.165) is 0 Å². The van der Waals surface area contributed by atoms with E-state index in [2.05, 4.69) is 43.2 Å². The molecule has 0 aliphatic heterocycles. The zero-order valence-corrected chi connectivity index (χ0v) is 14.5. The number of hydrogen-bond donors (Lipinski definition) is 4. The fourth-order valence-electron chi connectivity index (χ4n) is 2.67. The van der Waals surface area contributed by atoms with Crippen molar-refractivity contribution in [2.45, 2.75) is 45.4 Å². The third-order valence-electron chi connectivity index (χ3n) is 3.94. The summed E-state index contributed by atoms with van der Waals surface area (Å²) in [6.07, 6.45) is -0.808. The lowest BCUT2D eigenvalue weighted by molar-refractivity contribution is 0.168. The van der Waals surface area contributed by atoms with Crippen LogP contribution in [0.5, 0.6) is 5.75 Å². The molecule has 0 bridgehead atoms.